The third kappa shape index (κ3) is 6.37. The van der Waals surface area contributed by atoms with Gasteiger partial charge >= 0.3 is 12.1 Å². The summed E-state index contributed by atoms with van der Waals surface area (Å²) in [5.41, 5.74) is -0.728. The van der Waals surface area contributed by atoms with Crippen LogP contribution < -0.4 is 4.74 Å². The highest BCUT2D eigenvalue weighted by Crippen LogP contribution is 2.37. The van der Waals surface area contributed by atoms with Gasteiger partial charge in [-0.2, -0.15) is 13.2 Å². The second-order valence-electron chi connectivity index (χ2n) is 7.31. The van der Waals surface area contributed by atoms with Crippen LogP contribution in [-0.4, -0.2) is 55.5 Å². The number of hydrogen-bond donors (Lipinski definition) is 0. The molecule has 0 saturated heterocycles. The van der Waals surface area contributed by atoms with Crippen molar-refractivity contribution in [3.8, 4) is 5.75 Å². The van der Waals surface area contributed by atoms with E-state index in [2.05, 4.69) is 0 Å². The fourth-order valence-corrected chi connectivity index (χ4v) is 3.72. The number of rotatable bonds is 10. The number of para-hydroxylation sites is 1. The molecule has 0 heterocycles. The Morgan fingerprint density at radius 1 is 1.06 bits per heavy atom. The number of likely N-dealkylation sites (N-methyl/N-ethyl adjacent to an activating group) is 2. The predicted molar refractivity (Wildman–Crippen MR) is 117 cm³/mol. The van der Waals surface area contributed by atoms with Gasteiger partial charge < -0.3 is 14.4 Å². The lowest BCUT2D eigenvalue weighted by molar-refractivity contribution is -0.186. The highest BCUT2D eigenvalue weighted by molar-refractivity contribution is 6.42. The van der Waals surface area contributed by atoms with E-state index in [1.807, 2.05) is 6.07 Å². The van der Waals surface area contributed by atoms with E-state index in [-0.39, 0.29) is 36.2 Å². The number of halogens is 5. The molecule has 0 aliphatic rings. The maximum atomic E-state index is 13.1. The van der Waals surface area contributed by atoms with Gasteiger partial charge in [0, 0.05) is 20.0 Å². The topological polar surface area (TPSA) is 49.9 Å². The summed E-state index contributed by atoms with van der Waals surface area (Å²) in [6, 6.07) is 13.5. The van der Waals surface area contributed by atoms with Crippen LogP contribution in [-0.2, 0) is 15.1 Å². The first kappa shape index (κ1) is 26.0. The molecular formula is C22H23Cl2F3N2O3. The van der Waals surface area contributed by atoms with Crippen molar-refractivity contribution in [3.05, 3.63) is 64.1 Å². The zero-order chi connectivity index (χ0) is 23.9. The minimum Gasteiger partial charge on any atom is -0.478 e. The van der Waals surface area contributed by atoms with E-state index in [1.54, 1.807) is 42.3 Å². The van der Waals surface area contributed by atoms with Crippen molar-refractivity contribution < 1.29 is 27.5 Å². The Kier molecular flexibility index (Phi) is 8.95. The molecule has 0 bridgehead atoms. The summed E-state index contributed by atoms with van der Waals surface area (Å²) in [6.07, 6.45) is -4.23. The average molecular weight is 491 g/mol. The fraction of sp³-hybridized carbons (Fsp3) is 0.364. The van der Waals surface area contributed by atoms with Crippen molar-refractivity contribution >= 4 is 35.4 Å². The largest absolute Gasteiger partial charge is 0.478 e. The molecule has 174 valence electrons. The van der Waals surface area contributed by atoms with Crippen molar-refractivity contribution in [3.63, 3.8) is 0 Å². The molecule has 1 amide bonds. The quantitative estimate of drug-likeness (QED) is 0.341. The van der Waals surface area contributed by atoms with Crippen molar-refractivity contribution in [1.29, 1.82) is 0 Å². The zero-order valence-electron chi connectivity index (χ0n) is 17.5. The molecule has 0 fully saturated rings. The molecule has 0 unspecified atom stereocenters. The van der Waals surface area contributed by atoms with E-state index in [9.17, 15) is 22.8 Å². The van der Waals surface area contributed by atoms with E-state index in [0.29, 0.717) is 22.5 Å². The summed E-state index contributed by atoms with van der Waals surface area (Å²) in [5.74, 6) is -1.44. The van der Waals surface area contributed by atoms with Gasteiger partial charge in [-0.1, -0.05) is 47.5 Å². The minimum atomic E-state index is -5.04. The molecule has 0 aliphatic carbocycles. The Balaban J connectivity index is 2.49. The molecule has 10 heteroatoms. The van der Waals surface area contributed by atoms with Gasteiger partial charge in [-0.05, 0) is 43.3 Å². The van der Waals surface area contributed by atoms with Gasteiger partial charge in [0.05, 0.1) is 15.6 Å². The zero-order valence-corrected chi connectivity index (χ0v) is 19.0. The van der Waals surface area contributed by atoms with Gasteiger partial charge in [-0.3, -0.25) is 9.69 Å². The lowest BCUT2D eigenvalue weighted by Crippen LogP contribution is -2.55. The van der Waals surface area contributed by atoms with Crippen molar-refractivity contribution in [2.24, 2.45) is 0 Å². The maximum absolute atomic E-state index is 13.1. The second-order valence-corrected chi connectivity index (χ2v) is 8.12. The first-order valence-electron chi connectivity index (χ1n) is 9.62. The number of ether oxygens (including phenoxy) is 1. The van der Waals surface area contributed by atoms with E-state index < -0.39 is 17.6 Å². The molecule has 0 aromatic heterocycles. The van der Waals surface area contributed by atoms with Gasteiger partial charge in [-0.15, -0.1) is 0 Å². The van der Waals surface area contributed by atoms with E-state index in [4.69, 9.17) is 27.9 Å². The summed E-state index contributed by atoms with van der Waals surface area (Å²) >= 11 is 12.2. The Morgan fingerprint density at radius 2 is 1.72 bits per heavy atom. The monoisotopic (exact) mass is 490 g/mol. The van der Waals surface area contributed by atoms with Gasteiger partial charge in [0.2, 0.25) is 0 Å². The standard InChI is InChI=1S/C22H23Cl2F3N2O3/c1-28(20(31)22(25,26)27)14-21(11-6-12-30,16-9-10-18(23)19(24)13-16)29(2)15-32-17-7-4-3-5-8-17/h3-5,7-10,12-13H,6,11,14-15H2,1-2H3/t21-/m1/s1. The number of carbonyl (C=O) groups excluding carboxylic acids is 2. The number of alkyl halides is 3. The Bertz CT molecular complexity index is 928. The molecule has 2 aromatic carbocycles. The maximum Gasteiger partial charge on any atom is 0.471 e. The smallest absolute Gasteiger partial charge is 0.471 e. The first-order valence-corrected chi connectivity index (χ1v) is 10.4. The van der Waals surface area contributed by atoms with Crippen LogP contribution in [0, 0.1) is 0 Å². The normalized spacial score (nSPS) is 13.5. The molecule has 0 spiro atoms. The van der Waals surface area contributed by atoms with E-state index in [1.165, 1.54) is 12.1 Å². The van der Waals surface area contributed by atoms with E-state index in [0.717, 1.165) is 7.05 Å². The molecular weight excluding hydrogens is 468 g/mol. The Labute approximate surface area is 194 Å². The summed E-state index contributed by atoms with van der Waals surface area (Å²) in [5, 5.41) is 0.462. The lowest BCUT2D eigenvalue weighted by Gasteiger charge is -2.44. The number of amides is 1. The molecule has 0 N–H and O–H groups in total. The fourth-order valence-electron chi connectivity index (χ4n) is 3.42. The molecule has 32 heavy (non-hydrogen) atoms. The predicted octanol–water partition coefficient (Wildman–Crippen LogP) is 5.16. The van der Waals surface area contributed by atoms with Crippen LogP contribution in [0.2, 0.25) is 10.0 Å². The SMILES string of the molecule is CN(C[C@](CCC=O)(c1ccc(Cl)c(Cl)c1)N(C)COc1ccccc1)C(=O)C(F)(F)F. The van der Waals surface area contributed by atoms with Crippen molar-refractivity contribution in [1.82, 2.24) is 9.80 Å². The van der Waals surface area contributed by atoms with Crippen LogP contribution in [0.5, 0.6) is 5.75 Å². The molecule has 1 atom stereocenters. The summed E-state index contributed by atoms with van der Waals surface area (Å²) in [6.45, 7) is -0.400. The number of benzene rings is 2. The number of hydrogen-bond acceptors (Lipinski definition) is 4. The van der Waals surface area contributed by atoms with Gasteiger partial charge in [-0.25, -0.2) is 0 Å². The van der Waals surface area contributed by atoms with Gasteiger partial charge in [0.1, 0.15) is 18.8 Å². The number of nitrogens with zero attached hydrogens (tertiary/aromatic N) is 2. The molecule has 0 aliphatic heterocycles. The second kappa shape index (κ2) is 11.0. The Morgan fingerprint density at radius 3 is 2.28 bits per heavy atom. The van der Waals surface area contributed by atoms with Crippen LogP contribution in [0.15, 0.2) is 48.5 Å². The van der Waals surface area contributed by atoms with Crippen LogP contribution >= 0.6 is 23.2 Å². The van der Waals surface area contributed by atoms with Crippen LogP contribution in [0.1, 0.15) is 18.4 Å². The minimum absolute atomic E-state index is 0.0306. The van der Waals surface area contributed by atoms with Crippen LogP contribution in [0.3, 0.4) is 0 Å². The first-order chi connectivity index (χ1) is 15.0. The molecule has 2 rings (SSSR count). The highest BCUT2D eigenvalue weighted by Gasteiger charge is 2.45. The third-order valence-electron chi connectivity index (χ3n) is 5.12. The van der Waals surface area contributed by atoms with Crippen molar-refractivity contribution in [2.45, 2.75) is 24.6 Å². The number of carbonyl (C=O) groups is 2. The van der Waals surface area contributed by atoms with Gasteiger partial charge in [0.15, 0.2) is 0 Å². The molecule has 0 radical (unpaired) electrons. The van der Waals surface area contributed by atoms with Crippen LogP contribution in [0.4, 0.5) is 13.2 Å². The third-order valence-corrected chi connectivity index (χ3v) is 5.86. The molecule has 2 aromatic rings. The summed E-state index contributed by atoms with van der Waals surface area (Å²) < 4.78 is 45.1. The molecule has 0 saturated carbocycles. The van der Waals surface area contributed by atoms with Gasteiger partial charge in [0.25, 0.3) is 0 Å². The van der Waals surface area contributed by atoms with Crippen molar-refractivity contribution in [2.75, 3.05) is 27.4 Å². The highest BCUT2D eigenvalue weighted by atomic mass is 35.5. The van der Waals surface area contributed by atoms with E-state index >= 15 is 0 Å². The van der Waals surface area contributed by atoms with Crippen LogP contribution in [0.25, 0.3) is 0 Å². The Hall–Kier alpha value is -2.29. The number of aldehydes is 1. The average Bonchev–Trinajstić information content (AvgIpc) is 2.76. The summed E-state index contributed by atoms with van der Waals surface area (Å²) in [7, 11) is 2.71. The molecule has 5 nitrogen and oxygen atoms in total. The summed E-state index contributed by atoms with van der Waals surface area (Å²) in [4.78, 5) is 25.4. The lowest BCUT2D eigenvalue weighted by atomic mass is 9.83.